The average molecular weight is 341 g/mol. The number of nitrogens with zero attached hydrogens (tertiary/aromatic N) is 2. The molecular weight excluding hydrogens is 304 g/mol. The average Bonchev–Trinajstić information content (AvgIpc) is 2.73. The van der Waals surface area contributed by atoms with Gasteiger partial charge in [-0.2, -0.15) is 5.10 Å². The molecule has 25 heavy (non-hydrogen) atoms. The van der Waals surface area contributed by atoms with Crippen LogP contribution in [0.5, 0.6) is 0 Å². The molecule has 1 aromatic heterocycles. The Kier molecular flexibility index (Phi) is 6.13. The number of benzene rings is 1. The van der Waals surface area contributed by atoms with E-state index in [9.17, 15) is 0 Å². The monoisotopic (exact) mass is 340 g/mol. The van der Waals surface area contributed by atoms with Gasteiger partial charge in [-0.1, -0.05) is 45.4 Å². The van der Waals surface area contributed by atoms with Crippen LogP contribution in [0.1, 0.15) is 75.7 Å². The third-order valence-corrected chi connectivity index (χ3v) is 4.77. The third-order valence-electron chi connectivity index (χ3n) is 4.77. The Morgan fingerprint density at radius 3 is 1.64 bits per heavy atom. The van der Waals surface area contributed by atoms with E-state index in [0.29, 0.717) is 17.9 Å². The summed E-state index contributed by atoms with van der Waals surface area (Å²) >= 11 is 0. The second kappa shape index (κ2) is 7.76. The maximum atomic E-state index is 4.87. The summed E-state index contributed by atoms with van der Waals surface area (Å²) < 4.78 is 2.18. The van der Waals surface area contributed by atoms with Gasteiger partial charge in [0.2, 0.25) is 0 Å². The van der Waals surface area contributed by atoms with E-state index in [1.807, 2.05) is 0 Å². The van der Waals surface area contributed by atoms with Crippen LogP contribution in [-0.2, 0) is 12.8 Å². The Balaban J connectivity index is 2.77. The zero-order valence-corrected chi connectivity index (χ0v) is 17.7. The lowest BCUT2D eigenvalue weighted by Gasteiger charge is -2.20. The lowest BCUT2D eigenvalue weighted by atomic mass is 9.85. The summed E-state index contributed by atoms with van der Waals surface area (Å²) in [6, 6.07) is 5.18. The number of aryl methyl sites for hydroxylation is 2. The molecule has 0 amide bonds. The minimum absolute atomic E-state index is 0.389. The summed E-state index contributed by atoms with van der Waals surface area (Å²) in [7, 11) is 0. The van der Waals surface area contributed by atoms with Crippen LogP contribution < -0.4 is 0 Å². The smallest absolute Gasteiger partial charge is 0.0675 e. The SMILES string of the molecule is Cc1cc(CC(C)C)c(-c2c(C)nn(C(C)C)c2C)c(CC(C)C)c1. The summed E-state index contributed by atoms with van der Waals surface area (Å²) in [5.41, 5.74) is 9.62. The van der Waals surface area contributed by atoms with E-state index < -0.39 is 0 Å². The van der Waals surface area contributed by atoms with Crippen LogP contribution >= 0.6 is 0 Å². The number of hydrogen-bond acceptors (Lipinski definition) is 1. The molecule has 0 saturated carbocycles. The van der Waals surface area contributed by atoms with Crippen molar-refractivity contribution in [3.8, 4) is 11.1 Å². The standard InChI is InChI=1S/C23H36N2/c1-14(2)10-20-12-17(7)13-21(11-15(3)4)23(20)22-18(8)24-25(16(5)6)19(22)9/h12-16H,10-11H2,1-9H3. The molecule has 2 aromatic rings. The highest BCUT2D eigenvalue weighted by Gasteiger charge is 2.21. The highest BCUT2D eigenvalue weighted by atomic mass is 15.3. The molecule has 0 saturated heterocycles. The van der Waals surface area contributed by atoms with Crippen molar-refractivity contribution >= 4 is 0 Å². The maximum Gasteiger partial charge on any atom is 0.0675 e. The van der Waals surface area contributed by atoms with Crippen LogP contribution in [0.25, 0.3) is 11.1 Å². The number of hydrogen-bond donors (Lipinski definition) is 0. The predicted molar refractivity (Wildman–Crippen MR) is 109 cm³/mol. The molecule has 0 spiro atoms. The zero-order chi connectivity index (χ0) is 18.9. The van der Waals surface area contributed by atoms with Gasteiger partial charge in [0.1, 0.15) is 0 Å². The molecule has 0 aliphatic heterocycles. The highest BCUT2D eigenvalue weighted by Crippen LogP contribution is 2.37. The Labute approximate surface area is 154 Å². The van der Waals surface area contributed by atoms with Crippen molar-refractivity contribution in [3.63, 3.8) is 0 Å². The summed E-state index contributed by atoms with van der Waals surface area (Å²) in [5, 5.41) is 4.87. The van der Waals surface area contributed by atoms with Gasteiger partial charge in [0.15, 0.2) is 0 Å². The topological polar surface area (TPSA) is 17.8 Å². The Bertz CT molecular complexity index is 702. The normalized spacial score (nSPS) is 12.0. The molecule has 1 heterocycles. The largest absolute Gasteiger partial charge is 0.266 e. The molecule has 0 atom stereocenters. The van der Waals surface area contributed by atoms with Crippen molar-refractivity contribution in [2.24, 2.45) is 11.8 Å². The van der Waals surface area contributed by atoms with E-state index in [-0.39, 0.29) is 0 Å². The molecule has 2 heteroatoms. The molecule has 0 aliphatic rings. The van der Waals surface area contributed by atoms with Crippen LogP contribution in [-0.4, -0.2) is 9.78 Å². The van der Waals surface area contributed by atoms with Crippen LogP contribution in [0, 0.1) is 32.6 Å². The van der Waals surface area contributed by atoms with Gasteiger partial charge in [-0.05, 0) is 76.0 Å². The molecule has 0 radical (unpaired) electrons. The minimum atomic E-state index is 0.389. The van der Waals surface area contributed by atoms with Gasteiger partial charge in [0, 0.05) is 17.3 Å². The fourth-order valence-electron chi connectivity index (χ4n) is 3.99. The quantitative estimate of drug-likeness (QED) is 0.590. The molecular formula is C23H36N2. The number of aromatic nitrogens is 2. The fourth-order valence-corrected chi connectivity index (χ4v) is 3.99. The molecule has 0 unspecified atom stereocenters. The summed E-state index contributed by atoms with van der Waals surface area (Å²) in [6.45, 7) is 20.3. The van der Waals surface area contributed by atoms with E-state index in [1.54, 1.807) is 0 Å². The van der Waals surface area contributed by atoms with E-state index in [4.69, 9.17) is 5.10 Å². The van der Waals surface area contributed by atoms with Crippen LogP contribution in [0.2, 0.25) is 0 Å². The lowest BCUT2D eigenvalue weighted by Crippen LogP contribution is -2.07. The van der Waals surface area contributed by atoms with Crippen LogP contribution in [0.15, 0.2) is 12.1 Å². The first-order valence-corrected chi connectivity index (χ1v) is 9.80. The van der Waals surface area contributed by atoms with Crippen molar-refractivity contribution in [3.05, 3.63) is 40.2 Å². The molecule has 2 rings (SSSR count). The predicted octanol–water partition coefficient (Wildman–Crippen LogP) is 6.45. The van der Waals surface area contributed by atoms with E-state index in [0.717, 1.165) is 18.5 Å². The van der Waals surface area contributed by atoms with E-state index in [1.165, 1.54) is 33.5 Å². The first-order chi connectivity index (χ1) is 11.6. The van der Waals surface area contributed by atoms with Crippen LogP contribution in [0.4, 0.5) is 0 Å². The molecule has 0 N–H and O–H groups in total. The van der Waals surface area contributed by atoms with Gasteiger partial charge in [0.25, 0.3) is 0 Å². The Morgan fingerprint density at radius 1 is 0.800 bits per heavy atom. The summed E-state index contributed by atoms with van der Waals surface area (Å²) in [6.07, 6.45) is 2.24. The summed E-state index contributed by atoms with van der Waals surface area (Å²) in [5.74, 6) is 1.29. The van der Waals surface area contributed by atoms with Gasteiger partial charge in [-0.25, -0.2) is 0 Å². The van der Waals surface area contributed by atoms with Gasteiger partial charge >= 0.3 is 0 Å². The molecule has 0 aliphatic carbocycles. The molecule has 138 valence electrons. The Morgan fingerprint density at radius 2 is 1.28 bits per heavy atom. The first-order valence-electron chi connectivity index (χ1n) is 9.80. The van der Waals surface area contributed by atoms with Gasteiger partial charge in [-0.15, -0.1) is 0 Å². The van der Waals surface area contributed by atoms with Crippen molar-refractivity contribution < 1.29 is 0 Å². The zero-order valence-electron chi connectivity index (χ0n) is 17.7. The maximum absolute atomic E-state index is 4.87. The van der Waals surface area contributed by atoms with Crippen molar-refractivity contribution in [1.29, 1.82) is 0 Å². The van der Waals surface area contributed by atoms with Crippen molar-refractivity contribution in [2.45, 2.75) is 81.2 Å². The number of rotatable bonds is 6. The van der Waals surface area contributed by atoms with Crippen molar-refractivity contribution in [2.75, 3.05) is 0 Å². The molecule has 0 bridgehead atoms. The minimum Gasteiger partial charge on any atom is -0.266 e. The van der Waals surface area contributed by atoms with Gasteiger partial charge < -0.3 is 0 Å². The van der Waals surface area contributed by atoms with Crippen molar-refractivity contribution in [1.82, 2.24) is 9.78 Å². The van der Waals surface area contributed by atoms with E-state index >= 15 is 0 Å². The second-order valence-electron chi connectivity index (χ2n) is 8.74. The molecule has 2 nitrogen and oxygen atoms in total. The molecule has 0 fully saturated rings. The van der Waals surface area contributed by atoms with Crippen LogP contribution in [0.3, 0.4) is 0 Å². The Hall–Kier alpha value is -1.57. The van der Waals surface area contributed by atoms with Gasteiger partial charge in [-0.3, -0.25) is 4.68 Å². The lowest BCUT2D eigenvalue weighted by molar-refractivity contribution is 0.516. The summed E-state index contributed by atoms with van der Waals surface area (Å²) in [4.78, 5) is 0. The van der Waals surface area contributed by atoms with Gasteiger partial charge in [0.05, 0.1) is 5.69 Å². The highest BCUT2D eigenvalue weighted by molar-refractivity contribution is 5.76. The fraction of sp³-hybridized carbons (Fsp3) is 0.609. The molecule has 1 aromatic carbocycles. The third kappa shape index (κ3) is 4.34. The van der Waals surface area contributed by atoms with E-state index in [2.05, 4.69) is 79.1 Å². The first kappa shape index (κ1) is 19.8. The second-order valence-corrected chi connectivity index (χ2v) is 8.74.